The van der Waals surface area contributed by atoms with E-state index in [1.165, 1.54) is 6.33 Å². The Morgan fingerprint density at radius 1 is 1.26 bits per heavy atom. The van der Waals surface area contributed by atoms with Crippen LogP contribution in [0.25, 0.3) is 11.3 Å². The van der Waals surface area contributed by atoms with Crippen LogP contribution in [0.15, 0.2) is 55.0 Å². The van der Waals surface area contributed by atoms with Gasteiger partial charge in [0.15, 0.2) is 11.6 Å². The number of nitrogens with zero attached hydrogens (tertiary/aromatic N) is 4. The summed E-state index contributed by atoms with van der Waals surface area (Å²) in [6.45, 7) is 0.781. The maximum absolute atomic E-state index is 12.7. The molecule has 2 amide bonds. The summed E-state index contributed by atoms with van der Waals surface area (Å²) in [5.41, 5.74) is 1.61. The second kappa shape index (κ2) is 7.28. The Morgan fingerprint density at radius 3 is 3.00 bits per heavy atom. The maximum Gasteiger partial charge on any atom is 0.328 e. The number of fused-ring (bicyclic) bond motifs is 1. The third kappa shape index (κ3) is 3.50. The number of ether oxygens (including phenoxy) is 2. The van der Waals surface area contributed by atoms with Crippen LogP contribution in [0.3, 0.4) is 0 Å². The van der Waals surface area contributed by atoms with Gasteiger partial charge in [0.25, 0.3) is 0 Å². The van der Waals surface area contributed by atoms with Crippen molar-refractivity contribution < 1.29 is 14.3 Å². The zero-order valence-corrected chi connectivity index (χ0v) is 14.6. The summed E-state index contributed by atoms with van der Waals surface area (Å²) in [4.78, 5) is 26.8. The molecule has 8 heteroatoms. The van der Waals surface area contributed by atoms with Crippen molar-refractivity contribution in [2.45, 2.75) is 0 Å². The van der Waals surface area contributed by atoms with Crippen molar-refractivity contribution in [3.63, 3.8) is 0 Å². The van der Waals surface area contributed by atoms with E-state index in [9.17, 15) is 4.79 Å². The lowest BCUT2D eigenvalue weighted by Gasteiger charge is -2.28. The van der Waals surface area contributed by atoms with Gasteiger partial charge in [-0.25, -0.2) is 19.7 Å². The first-order valence-corrected chi connectivity index (χ1v) is 8.37. The molecule has 0 spiro atoms. The van der Waals surface area contributed by atoms with Crippen molar-refractivity contribution in [1.82, 2.24) is 15.0 Å². The average molecular weight is 363 g/mol. The second-order valence-corrected chi connectivity index (χ2v) is 5.78. The summed E-state index contributed by atoms with van der Waals surface area (Å²) in [6.07, 6.45) is 2.94. The lowest BCUT2D eigenvalue weighted by Crippen LogP contribution is -2.41. The molecule has 1 aliphatic rings. The summed E-state index contributed by atoms with van der Waals surface area (Å²) >= 11 is 0. The number of carbonyl (C=O) groups is 1. The zero-order valence-electron chi connectivity index (χ0n) is 14.6. The molecular weight excluding hydrogens is 346 g/mol. The number of hydrogen-bond donors (Lipinski definition) is 1. The monoisotopic (exact) mass is 363 g/mol. The van der Waals surface area contributed by atoms with Crippen LogP contribution in [0, 0.1) is 0 Å². The summed E-state index contributed by atoms with van der Waals surface area (Å²) in [5.74, 6) is 2.19. The van der Waals surface area contributed by atoms with E-state index in [1.54, 1.807) is 24.3 Å². The van der Waals surface area contributed by atoms with Gasteiger partial charge in [-0.15, -0.1) is 0 Å². The van der Waals surface area contributed by atoms with Gasteiger partial charge in [0, 0.05) is 11.8 Å². The fraction of sp³-hybridized carbons (Fsp3) is 0.158. The molecule has 1 aromatic carbocycles. The third-order valence-electron chi connectivity index (χ3n) is 4.10. The van der Waals surface area contributed by atoms with Crippen LogP contribution in [0.2, 0.25) is 0 Å². The molecule has 0 fully saturated rings. The largest absolute Gasteiger partial charge is 0.497 e. The van der Waals surface area contributed by atoms with Crippen molar-refractivity contribution in [2.24, 2.45) is 0 Å². The van der Waals surface area contributed by atoms with Crippen molar-refractivity contribution >= 4 is 17.7 Å². The molecule has 0 unspecified atom stereocenters. The Kier molecular flexibility index (Phi) is 4.52. The molecule has 0 bridgehead atoms. The van der Waals surface area contributed by atoms with E-state index in [0.717, 1.165) is 17.0 Å². The average Bonchev–Trinajstić information content (AvgIpc) is 2.73. The van der Waals surface area contributed by atoms with Gasteiger partial charge in [-0.2, -0.15) is 0 Å². The Morgan fingerprint density at radius 2 is 2.19 bits per heavy atom. The van der Waals surface area contributed by atoms with Gasteiger partial charge in [0.1, 0.15) is 24.5 Å². The van der Waals surface area contributed by atoms with E-state index in [2.05, 4.69) is 20.3 Å². The lowest BCUT2D eigenvalue weighted by atomic mass is 10.1. The fourth-order valence-electron chi connectivity index (χ4n) is 2.78. The number of nitrogens with one attached hydrogen (secondary N) is 1. The molecule has 0 atom stereocenters. The number of carbonyl (C=O) groups excluding carboxylic acids is 1. The van der Waals surface area contributed by atoms with Gasteiger partial charge in [0.05, 0.1) is 19.3 Å². The van der Waals surface area contributed by atoms with Gasteiger partial charge < -0.3 is 9.47 Å². The summed E-state index contributed by atoms with van der Waals surface area (Å²) in [7, 11) is 1.62. The van der Waals surface area contributed by atoms with Crippen molar-refractivity contribution in [1.29, 1.82) is 0 Å². The Balaban J connectivity index is 1.65. The first-order chi connectivity index (χ1) is 13.2. The zero-order chi connectivity index (χ0) is 18.6. The van der Waals surface area contributed by atoms with Crippen LogP contribution in [-0.4, -0.2) is 41.2 Å². The van der Waals surface area contributed by atoms with E-state index < -0.39 is 0 Å². The summed E-state index contributed by atoms with van der Waals surface area (Å²) in [6, 6.07) is 12.6. The van der Waals surface area contributed by atoms with Crippen LogP contribution >= 0.6 is 0 Å². The van der Waals surface area contributed by atoms with Crippen LogP contribution in [-0.2, 0) is 0 Å². The standard InChI is InChI=1S/C19H17N5O3/c1-26-14-4-2-3-13(11-14)15-5-6-16-18(22-15)24(9-10-27-16)19(25)23-17-7-8-20-12-21-17/h2-8,11-12H,9-10H2,1H3,(H,20,21,23,25). The molecule has 136 valence electrons. The van der Waals surface area contributed by atoms with Crippen LogP contribution in [0.5, 0.6) is 11.5 Å². The molecule has 27 heavy (non-hydrogen) atoms. The first-order valence-electron chi connectivity index (χ1n) is 8.37. The normalized spacial score (nSPS) is 12.7. The second-order valence-electron chi connectivity index (χ2n) is 5.78. The number of benzene rings is 1. The molecule has 3 aromatic rings. The first kappa shape index (κ1) is 16.8. The Bertz CT molecular complexity index is 965. The van der Waals surface area contributed by atoms with Gasteiger partial charge >= 0.3 is 6.03 Å². The number of hydrogen-bond acceptors (Lipinski definition) is 6. The minimum atomic E-state index is -0.325. The minimum absolute atomic E-state index is 0.325. The number of anilines is 2. The number of amides is 2. The van der Waals surface area contributed by atoms with Gasteiger partial charge in [0.2, 0.25) is 0 Å². The summed E-state index contributed by atoms with van der Waals surface area (Å²) in [5, 5.41) is 2.75. The fourth-order valence-corrected chi connectivity index (χ4v) is 2.78. The van der Waals surface area contributed by atoms with E-state index in [4.69, 9.17) is 9.47 Å². The van der Waals surface area contributed by atoms with Gasteiger partial charge in [-0.05, 0) is 30.3 Å². The molecule has 8 nitrogen and oxygen atoms in total. The number of aromatic nitrogens is 3. The summed E-state index contributed by atoms with van der Waals surface area (Å²) < 4.78 is 10.9. The topological polar surface area (TPSA) is 89.5 Å². The van der Waals surface area contributed by atoms with Crippen LogP contribution < -0.4 is 19.7 Å². The van der Waals surface area contributed by atoms with Gasteiger partial charge in [-0.1, -0.05) is 12.1 Å². The molecule has 0 saturated carbocycles. The highest BCUT2D eigenvalue weighted by Crippen LogP contribution is 2.33. The van der Waals surface area contributed by atoms with E-state index in [-0.39, 0.29) is 6.03 Å². The third-order valence-corrected chi connectivity index (χ3v) is 4.10. The SMILES string of the molecule is COc1cccc(-c2ccc3c(n2)N(C(=O)Nc2ccncn2)CCO3)c1. The van der Waals surface area contributed by atoms with Crippen LogP contribution in [0.4, 0.5) is 16.4 Å². The maximum atomic E-state index is 12.7. The molecule has 0 saturated heterocycles. The number of methoxy groups -OCH3 is 1. The predicted molar refractivity (Wildman–Crippen MR) is 100 cm³/mol. The highest BCUT2D eigenvalue weighted by atomic mass is 16.5. The quantitative estimate of drug-likeness (QED) is 0.769. The molecule has 4 rings (SSSR count). The molecule has 0 radical (unpaired) electrons. The number of urea groups is 1. The van der Waals surface area contributed by atoms with E-state index in [0.29, 0.717) is 30.5 Å². The highest BCUT2D eigenvalue weighted by molar-refractivity contribution is 6.01. The van der Waals surface area contributed by atoms with Crippen molar-refractivity contribution in [2.75, 3.05) is 30.5 Å². The number of pyridine rings is 1. The van der Waals surface area contributed by atoms with Crippen molar-refractivity contribution in [3.8, 4) is 22.8 Å². The minimum Gasteiger partial charge on any atom is -0.497 e. The van der Waals surface area contributed by atoms with Crippen molar-refractivity contribution in [3.05, 3.63) is 55.0 Å². The van der Waals surface area contributed by atoms with E-state index in [1.807, 2.05) is 36.4 Å². The predicted octanol–water partition coefficient (Wildman–Crippen LogP) is 2.98. The molecule has 2 aromatic heterocycles. The molecule has 0 aliphatic carbocycles. The number of rotatable bonds is 3. The Hall–Kier alpha value is -3.68. The molecular formula is C19H17N5O3. The molecule has 1 aliphatic heterocycles. The Labute approximate surface area is 155 Å². The highest BCUT2D eigenvalue weighted by Gasteiger charge is 2.26. The van der Waals surface area contributed by atoms with Crippen LogP contribution in [0.1, 0.15) is 0 Å². The molecule has 3 heterocycles. The molecule has 1 N–H and O–H groups in total. The smallest absolute Gasteiger partial charge is 0.328 e. The van der Waals surface area contributed by atoms with Gasteiger partial charge in [-0.3, -0.25) is 10.2 Å². The lowest BCUT2D eigenvalue weighted by molar-refractivity contribution is 0.249. The van der Waals surface area contributed by atoms with E-state index >= 15 is 0 Å².